The number of methoxy groups -OCH3 is 1. The molecule has 1 heterocycles. The van der Waals surface area contributed by atoms with E-state index in [0.717, 1.165) is 11.3 Å². The van der Waals surface area contributed by atoms with Gasteiger partial charge in [0.15, 0.2) is 0 Å². The van der Waals surface area contributed by atoms with Gasteiger partial charge in [0.05, 0.1) is 7.11 Å². The summed E-state index contributed by atoms with van der Waals surface area (Å²) in [6, 6.07) is 9.39. The maximum Gasteiger partial charge on any atom is 0.223 e. The summed E-state index contributed by atoms with van der Waals surface area (Å²) in [6.07, 6.45) is 0. The van der Waals surface area contributed by atoms with Gasteiger partial charge in [-0.3, -0.25) is 0 Å². The first kappa shape index (κ1) is 12.0. The van der Waals surface area contributed by atoms with Gasteiger partial charge in [-0.25, -0.2) is 0 Å². The van der Waals surface area contributed by atoms with Crippen molar-refractivity contribution in [2.45, 2.75) is 6.54 Å². The van der Waals surface area contributed by atoms with Gasteiger partial charge in [0.2, 0.25) is 5.95 Å². The van der Waals surface area contributed by atoms with E-state index in [1.807, 2.05) is 24.3 Å². The van der Waals surface area contributed by atoms with E-state index >= 15 is 0 Å². The van der Waals surface area contributed by atoms with Crippen molar-refractivity contribution < 1.29 is 4.74 Å². The standard InChI is InChI=1S/C12H15N5O/c1-18-9-4-2-8(3-5-9)7-15-11-6-10(13)16-12(14)17-11/h2-6H,7H2,1H3,(H5,13,14,15,16,17). The molecule has 2 aromatic rings. The molecule has 0 spiro atoms. The third-order valence-electron chi connectivity index (χ3n) is 2.40. The van der Waals surface area contributed by atoms with E-state index in [9.17, 15) is 0 Å². The molecule has 18 heavy (non-hydrogen) atoms. The molecule has 0 fully saturated rings. The first-order valence-electron chi connectivity index (χ1n) is 5.44. The smallest absolute Gasteiger partial charge is 0.223 e. The van der Waals surface area contributed by atoms with Crippen molar-refractivity contribution in [1.82, 2.24) is 9.97 Å². The van der Waals surface area contributed by atoms with Gasteiger partial charge in [0, 0.05) is 12.6 Å². The molecule has 0 aliphatic heterocycles. The second-order valence-electron chi connectivity index (χ2n) is 3.74. The molecule has 0 aliphatic carbocycles. The van der Waals surface area contributed by atoms with Crippen molar-refractivity contribution in [3.05, 3.63) is 35.9 Å². The molecular weight excluding hydrogens is 230 g/mol. The highest BCUT2D eigenvalue weighted by Crippen LogP contribution is 2.14. The van der Waals surface area contributed by atoms with Crippen molar-refractivity contribution in [3.8, 4) is 5.75 Å². The molecule has 0 aliphatic rings. The number of nitrogens with two attached hydrogens (primary N) is 2. The Kier molecular flexibility index (Phi) is 3.47. The van der Waals surface area contributed by atoms with Crippen LogP contribution in [0.15, 0.2) is 30.3 Å². The largest absolute Gasteiger partial charge is 0.497 e. The normalized spacial score (nSPS) is 10.1. The quantitative estimate of drug-likeness (QED) is 0.750. The van der Waals surface area contributed by atoms with Crippen molar-refractivity contribution in [2.75, 3.05) is 23.9 Å². The number of ether oxygens (including phenoxy) is 1. The number of nitrogen functional groups attached to an aromatic ring is 2. The van der Waals surface area contributed by atoms with Crippen LogP contribution in [0.1, 0.15) is 5.56 Å². The van der Waals surface area contributed by atoms with Gasteiger partial charge in [-0.1, -0.05) is 12.1 Å². The van der Waals surface area contributed by atoms with Crippen LogP contribution in [0.25, 0.3) is 0 Å². The molecule has 94 valence electrons. The summed E-state index contributed by atoms with van der Waals surface area (Å²) >= 11 is 0. The third kappa shape index (κ3) is 3.00. The Morgan fingerprint density at radius 2 is 1.89 bits per heavy atom. The Morgan fingerprint density at radius 3 is 2.50 bits per heavy atom. The summed E-state index contributed by atoms with van der Waals surface area (Å²) in [5, 5.41) is 3.13. The summed E-state index contributed by atoms with van der Waals surface area (Å²) in [6.45, 7) is 0.625. The Morgan fingerprint density at radius 1 is 1.17 bits per heavy atom. The Bertz CT molecular complexity index is 506. The van der Waals surface area contributed by atoms with E-state index < -0.39 is 0 Å². The van der Waals surface area contributed by atoms with Gasteiger partial charge in [-0.2, -0.15) is 9.97 Å². The number of anilines is 3. The Labute approximate surface area is 105 Å². The maximum atomic E-state index is 5.58. The molecule has 0 bridgehead atoms. The number of hydrogen-bond acceptors (Lipinski definition) is 6. The molecule has 0 saturated carbocycles. The summed E-state index contributed by atoms with van der Waals surface area (Å²) < 4.78 is 5.09. The van der Waals surface area contributed by atoms with Crippen LogP contribution in [0.3, 0.4) is 0 Å². The van der Waals surface area contributed by atoms with Gasteiger partial charge < -0.3 is 21.5 Å². The molecule has 1 aromatic heterocycles. The fourth-order valence-corrected chi connectivity index (χ4v) is 1.51. The van der Waals surface area contributed by atoms with Crippen LogP contribution < -0.4 is 21.5 Å². The van der Waals surface area contributed by atoms with E-state index in [4.69, 9.17) is 16.2 Å². The minimum atomic E-state index is 0.159. The topological polar surface area (TPSA) is 99.1 Å². The fourth-order valence-electron chi connectivity index (χ4n) is 1.51. The second-order valence-corrected chi connectivity index (χ2v) is 3.74. The van der Waals surface area contributed by atoms with Crippen LogP contribution in [0.4, 0.5) is 17.6 Å². The average Bonchev–Trinajstić information content (AvgIpc) is 2.36. The first-order chi connectivity index (χ1) is 8.67. The van der Waals surface area contributed by atoms with Gasteiger partial charge >= 0.3 is 0 Å². The predicted octanol–water partition coefficient (Wildman–Crippen LogP) is 1.26. The molecule has 0 radical (unpaired) electrons. The van der Waals surface area contributed by atoms with Crippen LogP contribution in [0, 0.1) is 0 Å². The van der Waals surface area contributed by atoms with E-state index in [0.29, 0.717) is 18.2 Å². The minimum Gasteiger partial charge on any atom is -0.497 e. The summed E-state index contributed by atoms with van der Waals surface area (Å²) in [4.78, 5) is 7.83. The molecule has 2 rings (SSSR count). The van der Waals surface area contributed by atoms with Crippen LogP contribution in [0.2, 0.25) is 0 Å². The molecule has 0 saturated heterocycles. The number of benzene rings is 1. The van der Waals surface area contributed by atoms with E-state index in [2.05, 4.69) is 15.3 Å². The molecule has 0 unspecified atom stereocenters. The van der Waals surface area contributed by atoms with Gasteiger partial charge in [-0.15, -0.1) is 0 Å². The number of nitrogens with zero attached hydrogens (tertiary/aromatic N) is 2. The lowest BCUT2D eigenvalue weighted by Gasteiger charge is -2.07. The number of nitrogens with one attached hydrogen (secondary N) is 1. The minimum absolute atomic E-state index is 0.159. The van der Waals surface area contributed by atoms with Crippen LogP contribution >= 0.6 is 0 Å². The Hall–Kier alpha value is -2.50. The molecule has 5 N–H and O–H groups in total. The summed E-state index contributed by atoms with van der Waals surface area (Å²) in [7, 11) is 1.64. The Balaban J connectivity index is 2.01. The van der Waals surface area contributed by atoms with Crippen LogP contribution in [-0.2, 0) is 6.54 Å². The van der Waals surface area contributed by atoms with Crippen molar-refractivity contribution in [2.24, 2.45) is 0 Å². The van der Waals surface area contributed by atoms with Gasteiger partial charge in [0.25, 0.3) is 0 Å². The highest BCUT2D eigenvalue weighted by atomic mass is 16.5. The predicted molar refractivity (Wildman–Crippen MR) is 71.2 cm³/mol. The van der Waals surface area contributed by atoms with Crippen molar-refractivity contribution in [1.29, 1.82) is 0 Å². The molecular formula is C12H15N5O. The number of hydrogen-bond donors (Lipinski definition) is 3. The van der Waals surface area contributed by atoms with E-state index in [1.165, 1.54) is 0 Å². The lowest BCUT2D eigenvalue weighted by Crippen LogP contribution is -2.06. The monoisotopic (exact) mass is 245 g/mol. The van der Waals surface area contributed by atoms with E-state index in [-0.39, 0.29) is 5.95 Å². The van der Waals surface area contributed by atoms with Crippen molar-refractivity contribution in [3.63, 3.8) is 0 Å². The molecule has 6 nitrogen and oxygen atoms in total. The van der Waals surface area contributed by atoms with Crippen LogP contribution in [-0.4, -0.2) is 17.1 Å². The molecule has 0 amide bonds. The average molecular weight is 245 g/mol. The molecule has 6 heteroatoms. The first-order valence-corrected chi connectivity index (χ1v) is 5.44. The number of aromatic nitrogens is 2. The third-order valence-corrected chi connectivity index (χ3v) is 2.40. The van der Waals surface area contributed by atoms with Crippen molar-refractivity contribution >= 4 is 17.6 Å². The lowest BCUT2D eigenvalue weighted by atomic mass is 10.2. The van der Waals surface area contributed by atoms with Gasteiger partial charge in [-0.05, 0) is 17.7 Å². The molecule has 1 aromatic carbocycles. The van der Waals surface area contributed by atoms with E-state index in [1.54, 1.807) is 13.2 Å². The fraction of sp³-hybridized carbons (Fsp3) is 0.167. The summed E-state index contributed by atoms with van der Waals surface area (Å²) in [5.74, 6) is 1.94. The highest BCUT2D eigenvalue weighted by Gasteiger charge is 2.00. The zero-order chi connectivity index (χ0) is 13.0. The second kappa shape index (κ2) is 5.22. The lowest BCUT2D eigenvalue weighted by molar-refractivity contribution is 0.414. The number of rotatable bonds is 4. The molecule has 0 atom stereocenters. The summed E-state index contributed by atoms with van der Waals surface area (Å²) in [5.41, 5.74) is 12.2. The zero-order valence-electron chi connectivity index (χ0n) is 10.1. The SMILES string of the molecule is COc1ccc(CNc2cc(N)nc(N)n2)cc1. The zero-order valence-corrected chi connectivity index (χ0v) is 10.1. The maximum absolute atomic E-state index is 5.58. The highest BCUT2D eigenvalue weighted by molar-refractivity contribution is 5.48. The van der Waals surface area contributed by atoms with Crippen LogP contribution in [0.5, 0.6) is 5.75 Å². The van der Waals surface area contributed by atoms with Gasteiger partial charge in [0.1, 0.15) is 17.4 Å².